The van der Waals surface area contributed by atoms with Crippen molar-refractivity contribution in [2.45, 2.75) is 26.4 Å². The second-order valence-corrected chi connectivity index (χ2v) is 7.56. The summed E-state index contributed by atoms with van der Waals surface area (Å²) in [6.45, 7) is 7.80. The van der Waals surface area contributed by atoms with Crippen molar-refractivity contribution in [1.82, 2.24) is 9.88 Å². The van der Waals surface area contributed by atoms with Gasteiger partial charge in [0.2, 0.25) is 0 Å². The molecule has 0 atom stereocenters. The molecule has 1 fully saturated rings. The summed E-state index contributed by atoms with van der Waals surface area (Å²) >= 11 is 3.12. The molecule has 112 valence electrons. The van der Waals surface area contributed by atoms with E-state index in [-0.39, 0.29) is 11.5 Å². The number of thiophene rings is 1. The molecule has 4 nitrogen and oxygen atoms in total. The first-order valence-electron chi connectivity index (χ1n) is 6.89. The minimum atomic E-state index is -0.275. The van der Waals surface area contributed by atoms with E-state index in [0.29, 0.717) is 19.7 Å². The first-order valence-corrected chi connectivity index (χ1v) is 8.65. The van der Waals surface area contributed by atoms with Crippen molar-refractivity contribution in [2.75, 3.05) is 19.7 Å². The second-order valence-electron chi connectivity index (χ2n) is 5.78. The summed E-state index contributed by atoms with van der Waals surface area (Å²) in [7, 11) is 0. The van der Waals surface area contributed by atoms with E-state index in [1.54, 1.807) is 11.3 Å². The largest absolute Gasteiger partial charge is 0.372 e. The highest BCUT2D eigenvalue weighted by molar-refractivity contribution is 7.17. The van der Waals surface area contributed by atoms with Crippen molar-refractivity contribution in [3.8, 4) is 10.6 Å². The van der Waals surface area contributed by atoms with Gasteiger partial charge in [-0.05, 0) is 32.2 Å². The molecule has 1 amide bonds. The van der Waals surface area contributed by atoms with Crippen LogP contribution >= 0.6 is 22.7 Å². The van der Waals surface area contributed by atoms with E-state index in [1.807, 2.05) is 37.1 Å². The van der Waals surface area contributed by atoms with Crippen LogP contribution in [0.25, 0.3) is 10.6 Å². The number of aromatic nitrogens is 1. The number of amides is 1. The van der Waals surface area contributed by atoms with Gasteiger partial charge in [0.1, 0.15) is 9.88 Å². The molecule has 0 saturated carbocycles. The maximum atomic E-state index is 12.7. The predicted octanol–water partition coefficient (Wildman–Crippen LogP) is 3.43. The Morgan fingerprint density at radius 3 is 2.95 bits per heavy atom. The lowest BCUT2D eigenvalue weighted by Gasteiger charge is -2.38. The molecule has 21 heavy (non-hydrogen) atoms. The Labute approximate surface area is 132 Å². The molecular formula is C15H18N2O2S2. The molecule has 6 heteroatoms. The lowest BCUT2D eigenvalue weighted by molar-refractivity contribution is -0.0763. The smallest absolute Gasteiger partial charge is 0.266 e. The van der Waals surface area contributed by atoms with Crippen LogP contribution in [0.15, 0.2) is 16.8 Å². The fourth-order valence-corrected chi connectivity index (χ4v) is 4.18. The molecule has 0 spiro atoms. The van der Waals surface area contributed by atoms with Crippen LogP contribution in [0.1, 0.15) is 29.2 Å². The Kier molecular flexibility index (Phi) is 3.86. The van der Waals surface area contributed by atoms with Gasteiger partial charge in [-0.3, -0.25) is 4.79 Å². The van der Waals surface area contributed by atoms with Gasteiger partial charge >= 0.3 is 0 Å². The number of aryl methyl sites for hydroxylation is 1. The van der Waals surface area contributed by atoms with Crippen molar-refractivity contribution in [3.63, 3.8) is 0 Å². The molecule has 1 aliphatic heterocycles. The average molecular weight is 322 g/mol. The summed E-state index contributed by atoms with van der Waals surface area (Å²) in [5.74, 6) is 0.0721. The number of hydrogen-bond acceptors (Lipinski definition) is 5. The van der Waals surface area contributed by atoms with Gasteiger partial charge in [0.25, 0.3) is 5.91 Å². The lowest BCUT2D eigenvalue weighted by atomic mass is 10.1. The van der Waals surface area contributed by atoms with Crippen molar-refractivity contribution in [1.29, 1.82) is 0 Å². The van der Waals surface area contributed by atoms with Crippen LogP contribution in [0.4, 0.5) is 0 Å². The number of carbonyl (C=O) groups is 1. The van der Waals surface area contributed by atoms with E-state index < -0.39 is 0 Å². The number of ether oxygens (including phenoxy) is 1. The van der Waals surface area contributed by atoms with Crippen LogP contribution < -0.4 is 0 Å². The minimum Gasteiger partial charge on any atom is -0.372 e. The first kappa shape index (κ1) is 14.7. The highest BCUT2D eigenvalue weighted by Crippen LogP contribution is 2.31. The molecule has 0 N–H and O–H groups in total. The molecule has 3 heterocycles. The summed E-state index contributed by atoms with van der Waals surface area (Å²) < 4.78 is 5.67. The summed E-state index contributed by atoms with van der Waals surface area (Å²) in [5, 5.41) is 5.01. The SMILES string of the molecule is Cc1nc(-c2ccsc2)sc1C(=O)N1CCOC(C)(C)C1. The Bertz CT molecular complexity index is 647. The zero-order valence-corrected chi connectivity index (χ0v) is 14.0. The van der Waals surface area contributed by atoms with E-state index in [4.69, 9.17) is 4.74 Å². The van der Waals surface area contributed by atoms with Gasteiger partial charge in [0, 0.05) is 24.0 Å². The molecular weight excluding hydrogens is 304 g/mol. The lowest BCUT2D eigenvalue weighted by Crippen LogP contribution is -2.50. The number of carbonyl (C=O) groups excluding carboxylic acids is 1. The third-order valence-corrected chi connectivity index (χ3v) is 5.35. The van der Waals surface area contributed by atoms with Gasteiger partial charge in [0.15, 0.2) is 0 Å². The average Bonchev–Trinajstić information content (AvgIpc) is 3.05. The van der Waals surface area contributed by atoms with Gasteiger partial charge in [-0.25, -0.2) is 4.98 Å². The number of hydrogen-bond donors (Lipinski definition) is 0. The van der Waals surface area contributed by atoms with Gasteiger partial charge in [0.05, 0.1) is 17.9 Å². The fraction of sp³-hybridized carbons (Fsp3) is 0.467. The summed E-state index contributed by atoms with van der Waals surface area (Å²) in [6, 6.07) is 2.04. The minimum absolute atomic E-state index is 0.0721. The zero-order chi connectivity index (χ0) is 15.0. The Morgan fingerprint density at radius 2 is 2.29 bits per heavy atom. The van der Waals surface area contributed by atoms with E-state index >= 15 is 0 Å². The van der Waals surface area contributed by atoms with Crippen LogP contribution in [0.3, 0.4) is 0 Å². The summed E-state index contributed by atoms with van der Waals surface area (Å²) in [5.41, 5.74) is 1.63. The Balaban J connectivity index is 1.85. The van der Waals surface area contributed by atoms with Gasteiger partial charge < -0.3 is 9.64 Å². The quantitative estimate of drug-likeness (QED) is 0.850. The maximum absolute atomic E-state index is 12.7. The van der Waals surface area contributed by atoms with Crippen LogP contribution in [0, 0.1) is 6.92 Å². The number of morpholine rings is 1. The highest BCUT2D eigenvalue weighted by Gasteiger charge is 2.32. The van der Waals surface area contributed by atoms with E-state index in [2.05, 4.69) is 10.4 Å². The van der Waals surface area contributed by atoms with Crippen molar-refractivity contribution < 1.29 is 9.53 Å². The topological polar surface area (TPSA) is 42.4 Å². The second kappa shape index (κ2) is 5.51. The van der Waals surface area contributed by atoms with E-state index in [0.717, 1.165) is 21.1 Å². The maximum Gasteiger partial charge on any atom is 0.266 e. The molecule has 2 aromatic heterocycles. The van der Waals surface area contributed by atoms with Crippen LogP contribution in [0.5, 0.6) is 0 Å². The van der Waals surface area contributed by atoms with Crippen LogP contribution in [0.2, 0.25) is 0 Å². The van der Waals surface area contributed by atoms with Crippen molar-refractivity contribution in [3.05, 3.63) is 27.4 Å². The molecule has 0 unspecified atom stereocenters. The fourth-order valence-electron chi connectivity index (χ4n) is 2.44. The Hall–Kier alpha value is -1.24. The molecule has 1 aliphatic rings. The zero-order valence-electron chi connectivity index (χ0n) is 12.4. The van der Waals surface area contributed by atoms with Crippen LogP contribution in [-0.2, 0) is 4.74 Å². The molecule has 1 saturated heterocycles. The summed E-state index contributed by atoms with van der Waals surface area (Å²) in [4.78, 5) is 19.9. The van der Waals surface area contributed by atoms with Gasteiger partial charge in [-0.1, -0.05) is 0 Å². The predicted molar refractivity (Wildman–Crippen MR) is 86.1 cm³/mol. The number of thiazole rings is 1. The van der Waals surface area contributed by atoms with E-state index in [1.165, 1.54) is 11.3 Å². The highest BCUT2D eigenvalue weighted by atomic mass is 32.1. The number of nitrogens with zero attached hydrogens (tertiary/aromatic N) is 2. The molecule has 2 aromatic rings. The van der Waals surface area contributed by atoms with Crippen molar-refractivity contribution >= 4 is 28.6 Å². The monoisotopic (exact) mass is 322 g/mol. The van der Waals surface area contributed by atoms with Gasteiger partial charge in [-0.2, -0.15) is 11.3 Å². The molecule has 0 aliphatic carbocycles. The first-order chi connectivity index (χ1) is 9.96. The number of rotatable bonds is 2. The summed E-state index contributed by atoms with van der Waals surface area (Å²) in [6.07, 6.45) is 0. The normalized spacial score (nSPS) is 18.0. The Morgan fingerprint density at radius 1 is 1.48 bits per heavy atom. The third kappa shape index (κ3) is 3.02. The van der Waals surface area contributed by atoms with Gasteiger partial charge in [-0.15, -0.1) is 11.3 Å². The molecule has 3 rings (SSSR count). The molecule has 0 bridgehead atoms. The standard InChI is InChI=1S/C15H18N2O2S2/c1-10-12(21-13(16-10)11-4-7-20-8-11)14(18)17-5-6-19-15(2,3)9-17/h4,7-8H,5-6,9H2,1-3H3. The van der Waals surface area contributed by atoms with Crippen molar-refractivity contribution in [2.24, 2.45) is 0 Å². The van der Waals surface area contributed by atoms with Crippen LogP contribution in [-0.4, -0.2) is 41.1 Å². The van der Waals surface area contributed by atoms with E-state index in [9.17, 15) is 4.79 Å². The molecule has 0 aromatic carbocycles. The molecule has 0 radical (unpaired) electrons. The third-order valence-electron chi connectivity index (χ3n) is 3.47.